The molecule has 1 aromatic heterocycles. The molecule has 1 heterocycles. The number of aromatic nitrogens is 3. The van der Waals surface area contributed by atoms with Gasteiger partial charge in [-0.2, -0.15) is 5.10 Å². The van der Waals surface area contributed by atoms with Crippen molar-refractivity contribution in [1.82, 2.24) is 20.1 Å². The SMILES string of the molecule is CC(C)n1ncnc1CNCCC1=CCCC1. The van der Waals surface area contributed by atoms with Crippen molar-refractivity contribution in [3.05, 3.63) is 23.8 Å². The molecule has 0 spiro atoms. The fourth-order valence-electron chi connectivity index (χ4n) is 2.25. The summed E-state index contributed by atoms with van der Waals surface area (Å²) in [6.45, 7) is 6.10. The summed E-state index contributed by atoms with van der Waals surface area (Å²) in [5, 5.41) is 7.67. The van der Waals surface area contributed by atoms with Gasteiger partial charge in [0.2, 0.25) is 0 Å². The number of hydrogen-bond donors (Lipinski definition) is 1. The van der Waals surface area contributed by atoms with Crippen LogP contribution in [-0.2, 0) is 6.54 Å². The van der Waals surface area contributed by atoms with Crippen molar-refractivity contribution in [1.29, 1.82) is 0 Å². The molecule has 0 aromatic carbocycles. The van der Waals surface area contributed by atoms with Gasteiger partial charge in [0.05, 0.1) is 6.54 Å². The zero-order valence-electron chi connectivity index (χ0n) is 10.8. The zero-order valence-corrected chi connectivity index (χ0v) is 10.8. The molecule has 4 nitrogen and oxygen atoms in total. The van der Waals surface area contributed by atoms with Crippen LogP contribution in [-0.4, -0.2) is 21.3 Å². The Hall–Kier alpha value is -1.16. The standard InChI is InChI=1S/C13H22N4/c1-11(2)17-13(15-10-16-17)9-14-8-7-12-5-3-4-6-12/h5,10-11,14H,3-4,6-9H2,1-2H3. The Labute approximate surface area is 103 Å². The zero-order chi connectivity index (χ0) is 12.1. The normalized spacial score (nSPS) is 15.6. The lowest BCUT2D eigenvalue weighted by atomic mass is 10.2. The van der Waals surface area contributed by atoms with E-state index in [0.717, 1.165) is 18.9 Å². The van der Waals surface area contributed by atoms with Gasteiger partial charge in [0.1, 0.15) is 12.2 Å². The summed E-state index contributed by atoms with van der Waals surface area (Å²) in [5.74, 6) is 1.03. The fourth-order valence-corrected chi connectivity index (χ4v) is 2.25. The molecule has 0 saturated carbocycles. The lowest BCUT2D eigenvalue weighted by Crippen LogP contribution is -2.19. The molecule has 1 aromatic rings. The Morgan fingerprint density at radius 2 is 2.35 bits per heavy atom. The fraction of sp³-hybridized carbons (Fsp3) is 0.692. The van der Waals surface area contributed by atoms with E-state index in [1.807, 2.05) is 4.68 Å². The summed E-state index contributed by atoms with van der Waals surface area (Å²) in [4.78, 5) is 4.28. The Balaban J connectivity index is 1.72. The molecular weight excluding hydrogens is 212 g/mol. The molecule has 1 aliphatic carbocycles. The maximum Gasteiger partial charge on any atom is 0.141 e. The highest BCUT2D eigenvalue weighted by atomic mass is 15.3. The van der Waals surface area contributed by atoms with Crippen LogP contribution < -0.4 is 5.32 Å². The minimum Gasteiger partial charge on any atom is -0.310 e. The maximum absolute atomic E-state index is 4.28. The van der Waals surface area contributed by atoms with Gasteiger partial charge in [-0.25, -0.2) is 9.67 Å². The van der Waals surface area contributed by atoms with E-state index in [-0.39, 0.29) is 0 Å². The predicted octanol–water partition coefficient (Wildman–Crippen LogP) is 2.45. The van der Waals surface area contributed by atoms with Crippen LogP contribution in [0.25, 0.3) is 0 Å². The highest BCUT2D eigenvalue weighted by molar-refractivity contribution is 5.07. The van der Waals surface area contributed by atoms with Crippen molar-refractivity contribution >= 4 is 0 Å². The van der Waals surface area contributed by atoms with Gasteiger partial charge in [-0.05, 0) is 46.1 Å². The van der Waals surface area contributed by atoms with E-state index in [1.165, 1.54) is 25.7 Å². The maximum atomic E-state index is 4.28. The average Bonchev–Trinajstić information content (AvgIpc) is 2.95. The van der Waals surface area contributed by atoms with Crippen molar-refractivity contribution in [2.45, 2.75) is 52.1 Å². The van der Waals surface area contributed by atoms with Gasteiger partial charge in [0.15, 0.2) is 0 Å². The van der Waals surface area contributed by atoms with Crippen LogP contribution >= 0.6 is 0 Å². The molecule has 0 saturated heterocycles. The number of allylic oxidation sites excluding steroid dienone is 1. The van der Waals surface area contributed by atoms with Crippen LogP contribution in [0.2, 0.25) is 0 Å². The second-order valence-corrected chi connectivity index (χ2v) is 4.90. The van der Waals surface area contributed by atoms with Crippen LogP contribution in [0, 0.1) is 0 Å². The van der Waals surface area contributed by atoms with Crippen molar-refractivity contribution in [3.8, 4) is 0 Å². The van der Waals surface area contributed by atoms with Gasteiger partial charge >= 0.3 is 0 Å². The Bertz CT molecular complexity index is 379. The average molecular weight is 234 g/mol. The first kappa shape index (κ1) is 12.3. The summed E-state index contributed by atoms with van der Waals surface area (Å²) in [6, 6.07) is 0.381. The Morgan fingerprint density at radius 3 is 3.06 bits per heavy atom. The molecule has 0 atom stereocenters. The third-order valence-electron chi connectivity index (χ3n) is 3.18. The summed E-state index contributed by atoms with van der Waals surface area (Å²) in [7, 11) is 0. The number of nitrogens with zero attached hydrogens (tertiary/aromatic N) is 3. The molecule has 2 rings (SSSR count). The van der Waals surface area contributed by atoms with Crippen LogP contribution in [0.3, 0.4) is 0 Å². The highest BCUT2D eigenvalue weighted by Gasteiger charge is 2.07. The van der Waals surface area contributed by atoms with E-state index < -0.39 is 0 Å². The summed E-state index contributed by atoms with van der Waals surface area (Å²) >= 11 is 0. The van der Waals surface area contributed by atoms with Gasteiger partial charge in [0.25, 0.3) is 0 Å². The van der Waals surface area contributed by atoms with E-state index in [2.05, 4.69) is 35.3 Å². The second-order valence-electron chi connectivity index (χ2n) is 4.90. The smallest absolute Gasteiger partial charge is 0.141 e. The lowest BCUT2D eigenvalue weighted by molar-refractivity contribution is 0.490. The third-order valence-corrected chi connectivity index (χ3v) is 3.18. The minimum absolute atomic E-state index is 0.381. The number of hydrogen-bond acceptors (Lipinski definition) is 3. The molecule has 1 N–H and O–H groups in total. The van der Waals surface area contributed by atoms with Gasteiger partial charge in [-0.1, -0.05) is 11.6 Å². The summed E-state index contributed by atoms with van der Waals surface area (Å²) in [6.07, 6.45) is 9.11. The summed E-state index contributed by atoms with van der Waals surface area (Å²) < 4.78 is 1.97. The first-order valence-electron chi connectivity index (χ1n) is 6.54. The molecule has 1 aliphatic rings. The van der Waals surface area contributed by atoms with E-state index in [4.69, 9.17) is 0 Å². The van der Waals surface area contributed by atoms with Gasteiger partial charge < -0.3 is 5.32 Å². The first-order chi connectivity index (χ1) is 8.27. The molecular formula is C13H22N4. The highest BCUT2D eigenvalue weighted by Crippen LogP contribution is 2.19. The Morgan fingerprint density at radius 1 is 1.47 bits per heavy atom. The number of rotatable bonds is 6. The molecule has 0 radical (unpaired) electrons. The van der Waals surface area contributed by atoms with Crippen LogP contribution in [0.15, 0.2) is 18.0 Å². The lowest BCUT2D eigenvalue weighted by Gasteiger charge is -2.10. The minimum atomic E-state index is 0.381. The van der Waals surface area contributed by atoms with E-state index in [9.17, 15) is 0 Å². The third kappa shape index (κ3) is 3.40. The molecule has 0 aliphatic heterocycles. The molecule has 0 unspecified atom stereocenters. The molecule has 4 heteroatoms. The van der Waals surface area contributed by atoms with E-state index >= 15 is 0 Å². The monoisotopic (exact) mass is 234 g/mol. The largest absolute Gasteiger partial charge is 0.310 e. The van der Waals surface area contributed by atoms with Crippen molar-refractivity contribution in [2.75, 3.05) is 6.54 Å². The second kappa shape index (κ2) is 5.96. The quantitative estimate of drug-likeness (QED) is 0.607. The van der Waals surface area contributed by atoms with Crippen LogP contribution in [0.5, 0.6) is 0 Å². The van der Waals surface area contributed by atoms with Crippen LogP contribution in [0.4, 0.5) is 0 Å². The Kier molecular flexibility index (Phi) is 4.31. The van der Waals surface area contributed by atoms with Crippen LogP contribution in [0.1, 0.15) is 51.4 Å². The predicted molar refractivity (Wildman–Crippen MR) is 68.7 cm³/mol. The van der Waals surface area contributed by atoms with Gasteiger partial charge in [-0.15, -0.1) is 0 Å². The summed E-state index contributed by atoms with van der Waals surface area (Å²) in [5.41, 5.74) is 1.61. The van der Waals surface area contributed by atoms with Gasteiger partial charge in [0, 0.05) is 6.04 Å². The molecule has 0 amide bonds. The van der Waals surface area contributed by atoms with E-state index in [1.54, 1.807) is 11.9 Å². The van der Waals surface area contributed by atoms with Crippen molar-refractivity contribution in [3.63, 3.8) is 0 Å². The number of nitrogens with one attached hydrogen (secondary N) is 1. The molecule has 0 fully saturated rings. The van der Waals surface area contributed by atoms with E-state index in [0.29, 0.717) is 6.04 Å². The first-order valence-corrected chi connectivity index (χ1v) is 6.54. The van der Waals surface area contributed by atoms with Gasteiger partial charge in [-0.3, -0.25) is 0 Å². The van der Waals surface area contributed by atoms with Crippen molar-refractivity contribution in [2.24, 2.45) is 0 Å². The topological polar surface area (TPSA) is 42.7 Å². The molecule has 0 bridgehead atoms. The molecule has 94 valence electrons. The van der Waals surface area contributed by atoms with Crippen molar-refractivity contribution < 1.29 is 0 Å². The molecule has 17 heavy (non-hydrogen) atoms.